The Morgan fingerprint density at radius 2 is 1.75 bits per heavy atom. The Kier molecular flexibility index (Phi) is 4.82. The molecule has 0 unspecified atom stereocenters. The number of nitrogens with zero attached hydrogens (tertiary/aromatic N) is 3. The first kappa shape index (κ1) is 15.1. The molecule has 4 nitrogen and oxygen atoms in total. The van der Waals surface area contributed by atoms with Crippen LogP contribution in [-0.4, -0.2) is 60.2 Å². The largest absolute Gasteiger partial charge is 0.401 e. The van der Waals surface area contributed by atoms with Crippen LogP contribution in [0.15, 0.2) is 18.3 Å². The van der Waals surface area contributed by atoms with E-state index in [2.05, 4.69) is 9.88 Å². The molecule has 1 aromatic heterocycles. The average Bonchev–Trinajstić information content (AvgIpc) is 2.38. The molecule has 1 saturated heterocycles. The summed E-state index contributed by atoms with van der Waals surface area (Å²) in [4.78, 5) is 7.84. The van der Waals surface area contributed by atoms with Crippen molar-refractivity contribution in [3.05, 3.63) is 24.0 Å². The monoisotopic (exact) mass is 288 g/mol. The lowest BCUT2D eigenvalue weighted by molar-refractivity contribution is -0.149. The Morgan fingerprint density at radius 1 is 1.10 bits per heavy atom. The first-order chi connectivity index (χ1) is 9.42. The number of halogens is 3. The molecule has 0 saturated carbocycles. The maximum Gasteiger partial charge on any atom is 0.401 e. The van der Waals surface area contributed by atoms with Gasteiger partial charge in [0.15, 0.2) is 0 Å². The summed E-state index contributed by atoms with van der Waals surface area (Å²) >= 11 is 0. The first-order valence-electron chi connectivity index (χ1n) is 6.64. The van der Waals surface area contributed by atoms with Gasteiger partial charge in [0.2, 0.25) is 0 Å². The van der Waals surface area contributed by atoms with E-state index in [1.54, 1.807) is 6.20 Å². The number of nitrogens with two attached hydrogens (primary N) is 1. The van der Waals surface area contributed by atoms with Crippen molar-refractivity contribution >= 4 is 5.69 Å². The molecule has 0 radical (unpaired) electrons. The van der Waals surface area contributed by atoms with Gasteiger partial charge in [-0.1, -0.05) is 0 Å². The van der Waals surface area contributed by atoms with Crippen LogP contribution in [0.1, 0.15) is 5.69 Å². The number of aromatic nitrogens is 1. The number of rotatable bonds is 4. The number of hydrogen-bond donors (Lipinski definition) is 1. The van der Waals surface area contributed by atoms with Crippen LogP contribution in [0.4, 0.5) is 18.9 Å². The van der Waals surface area contributed by atoms with Gasteiger partial charge < -0.3 is 10.6 Å². The minimum Gasteiger partial charge on any atom is -0.397 e. The quantitative estimate of drug-likeness (QED) is 0.909. The molecule has 0 aromatic carbocycles. The number of anilines is 1. The fourth-order valence-electron chi connectivity index (χ4n) is 2.28. The van der Waals surface area contributed by atoms with Crippen molar-refractivity contribution in [2.45, 2.75) is 12.6 Å². The van der Waals surface area contributed by atoms with Crippen molar-refractivity contribution in [1.29, 1.82) is 0 Å². The van der Waals surface area contributed by atoms with E-state index < -0.39 is 12.7 Å². The highest BCUT2D eigenvalue weighted by Crippen LogP contribution is 2.17. The molecular formula is C13H19F3N4. The zero-order valence-corrected chi connectivity index (χ0v) is 11.2. The molecule has 0 atom stereocenters. The van der Waals surface area contributed by atoms with Gasteiger partial charge in [-0.2, -0.15) is 13.2 Å². The lowest BCUT2D eigenvalue weighted by Gasteiger charge is -2.34. The number of nitrogen functional groups attached to an aromatic ring is 1. The Balaban J connectivity index is 1.70. The average molecular weight is 288 g/mol. The van der Waals surface area contributed by atoms with Crippen molar-refractivity contribution in [1.82, 2.24) is 14.8 Å². The molecule has 112 valence electrons. The van der Waals surface area contributed by atoms with E-state index >= 15 is 0 Å². The lowest BCUT2D eigenvalue weighted by atomic mass is 10.2. The molecule has 2 heterocycles. The second-order valence-electron chi connectivity index (χ2n) is 5.07. The standard InChI is InChI=1S/C13H19F3N4/c14-13(15,16)10-20-7-5-19(6-8-20)4-3-12-2-1-11(17)9-18-12/h1-2,9H,3-8,10,17H2. The predicted molar refractivity (Wildman–Crippen MR) is 71.3 cm³/mol. The van der Waals surface area contributed by atoms with Gasteiger partial charge >= 0.3 is 6.18 Å². The van der Waals surface area contributed by atoms with Gasteiger partial charge in [-0.15, -0.1) is 0 Å². The fourth-order valence-corrected chi connectivity index (χ4v) is 2.28. The summed E-state index contributed by atoms with van der Waals surface area (Å²) in [5, 5.41) is 0. The van der Waals surface area contributed by atoms with Crippen molar-refractivity contribution in [2.24, 2.45) is 0 Å². The molecule has 1 aromatic rings. The predicted octanol–water partition coefficient (Wildman–Crippen LogP) is 1.39. The van der Waals surface area contributed by atoms with Crippen LogP contribution in [-0.2, 0) is 6.42 Å². The highest BCUT2D eigenvalue weighted by Gasteiger charge is 2.31. The number of alkyl halides is 3. The summed E-state index contributed by atoms with van der Waals surface area (Å²) in [5.41, 5.74) is 7.15. The normalized spacial score (nSPS) is 18.4. The van der Waals surface area contributed by atoms with Crippen LogP contribution in [0.2, 0.25) is 0 Å². The molecule has 1 fully saturated rings. The SMILES string of the molecule is Nc1ccc(CCN2CCN(CC(F)(F)F)CC2)nc1. The Labute approximate surface area is 116 Å². The molecule has 2 rings (SSSR count). The van der Waals surface area contributed by atoms with Crippen LogP contribution < -0.4 is 5.73 Å². The van der Waals surface area contributed by atoms with Crippen molar-refractivity contribution in [3.63, 3.8) is 0 Å². The van der Waals surface area contributed by atoms with Gasteiger partial charge in [-0.3, -0.25) is 9.88 Å². The van der Waals surface area contributed by atoms with Crippen molar-refractivity contribution < 1.29 is 13.2 Å². The maximum atomic E-state index is 12.3. The van der Waals surface area contributed by atoms with Gasteiger partial charge in [0.05, 0.1) is 18.4 Å². The van der Waals surface area contributed by atoms with Crippen LogP contribution in [0.25, 0.3) is 0 Å². The summed E-state index contributed by atoms with van der Waals surface area (Å²) < 4.78 is 36.8. The van der Waals surface area contributed by atoms with Gasteiger partial charge in [-0.25, -0.2) is 0 Å². The number of pyridine rings is 1. The van der Waals surface area contributed by atoms with E-state index in [-0.39, 0.29) is 0 Å². The third-order valence-electron chi connectivity index (χ3n) is 3.40. The Morgan fingerprint density at radius 3 is 2.30 bits per heavy atom. The van der Waals surface area contributed by atoms with Gasteiger partial charge in [-0.05, 0) is 12.1 Å². The van der Waals surface area contributed by atoms with E-state index in [9.17, 15) is 13.2 Å². The molecule has 0 spiro atoms. The Bertz CT molecular complexity index is 411. The molecule has 0 amide bonds. The van der Waals surface area contributed by atoms with Crippen molar-refractivity contribution in [3.8, 4) is 0 Å². The molecule has 1 aliphatic heterocycles. The smallest absolute Gasteiger partial charge is 0.397 e. The minimum absolute atomic E-state index is 0.467. The van der Waals surface area contributed by atoms with Gasteiger partial charge in [0.25, 0.3) is 0 Å². The lowest BCUT2D eigenvalue weighted by Crippen LogP contribution is -2.49. The molecule has 0 aliphatic carbocycles. The van der Waals surface area contributed by atoms with E-state index in [1.165, 1.54) is 4.90 Å². The van der Waals surface area contributed by atoms with Crippen LogP contribution in [0.3, 0.4) is 0 Å². The maximum absolute atomic E-state index is 12.3. The Hall–Kier alpha value is -1.34. The second kappa shape index (κ2) is 6.41. The molecule has 20 heavy (non-hydrogen) atoms. The van der Waals surface area contributed by atoms with Crippen molar-refractivity contribution in [2.75, 3.05) is 45.0 Å². The molecule has 2 N–H and O–H groups in total. The third kappa shape index (κ3) is 4.97. The zero-order valence-electron chi connectivity index (χ0n) is 11.2. The molecule has 7 heteroatoms. The number of piperazine rings is 1. The fraction of sp³-hybridized carbons (Fsp3) is 0.615. The van der Waals surface area contributed by atoms with Crippen LogP contribution >= 0.6 is 0 Å². The summed E-state index contributed by atoms with van der Waals surface area (Å²) in [6, 6.07) is 3.69. The molecule has 1 aliphatic rings. The van der Waals surface area contributed by atoms with E-state index in [4.69, 9.17) is 5.73 Å². The molecule has 0 bridgehead atoms. The highest BCUT2D eigenvalue weighted by molar-refractivity contribution is 5.34. The highest BCUT2D eigenvalue weighted by atomic mass is 19.4. The van der Waals surface area contributed by atoms with Gasteiger partial charge in [0, 0.05) is 44.8 Å². The summed E-state index contributed by atoms with van der Waals surface area (Å²) in [6.07, 6.45) is -1.69. The topological polar surface area (TPSA) is 45.4 Å². The van der Waals surface area contributed by atoms with E-state index in [0.717, 1.165) is 18.7 Å². The van der Waals surface area contributed by atoms with Gasteiger partial charge in [0.1, 0.15) is 0 Å². The number of hydrogen-bond acceptors (Lipinski definition) is 4. The van der Waals surface area contributed by atoms with E-state index in [0.29, 0.717) is 31.9 Å². The zero-order chi connectivity index (χ0) is 14.6. The minimum atomic E-state index is -4.10. The summed E-state index contributed by atoms with van der Waals surface area (Å²) in [6.45, 7) is 2.29. The second-order valence-corrected chi connectivity index (χ2v) is 5.07. The van der Waals surface area contributed by atoms with Crippen LogP contribution in [0.5, 0.6) is 0 Å². The first-order valence-corrected chi connectivity index (χ1v) is 6.64. The summed E-state index contributed by atoms with van der Waals surface area (Å²) in [5.74, 6) is 0. The van der Waals surface area contributed by atoms with Crippen LogP contribution in [0, 0.1) is 0 Å². The summed E-state index contributed by atoms with van der Waals surface area (Å²) in [7, 11) is 0. The van der Waals surface area contributed by atoms with E-state index in [1.807, 2.05) is 12.1 Å². The molecular weight excluding hydrogens is 269 g/mol. The third-order valence-corrected chi connectivity index (χ3v) is 3.40.